The Morgan fingerprint density at radius 1 is 1.40 bits per heavy atom. The van der Waals surface area contributed by atoms with E-state index < -0.39 is 5.41 Å². The molecule has 1 aliphatic carbocycles. The molecule has 0 bridgehead atoms. The molecule has 4 heteroatoms. The molecular formula is C11H9FN2O. The van der Waals surface area contributed by atoms with Crippen molar-refractivity contribution >= 4 is 5.91 Å². The van der Waals surface area contributed by atoms with Gasteiger partial charge in [-0.3, -0.25) is 10.1 Å². The number of nitriles is 1. The molecule has 0 spiro atoms. The van der Waals surface area contributed by atoms with Crippen molar-refractivity contribution in [1.29, 1.82) is 5.26 Å². The normalized spacial score (nSPS) is 16.5. The number of nitrogens with one attached hydrogen (secondary N) is 1. The summed E-state index contributed by atoms with van der Waals surface area (Å²) in [7, 11) is 0. The summed E-state index contributed by atoms with van der Waals surface area (Å²) < 4.78 is 12.7. The summed E-state index contributed by atoms with van der Waals surface area (Å²) in [6, 6.07) is 5.85. The first kappa shape index (κ1) is 9.66. The fourth-order valence-electron chi connectivity index (χ4n) is 1.71. The van der Waals surface area contributed by atoms with Crippen LogP contribution in [0.25, 0.3) is 0 Å². The van der Waals surface area contributed by atoms with Crippen LogP contribution in [0.2, 0.25) is 0 Å². The van der Waals surface area contributed by atoms with Crippen LogP contribution in [0.5, 0.6) is 0 Å². The van der Waals surface area contributed by atoms with E-state index >= 15 is 0 Å². The maximum atomic E-state index is 12.7. The van der Waals surface area contributed by atoms with Gasteiger partial charge in [0.2, 0.25) is 5.91 Å². The largest absolute Gasteiger partial charge is 0.273 e. The van der Waals surface area contributed by atoms with Gasteiger partial charge in [0, 0.05) is 0 Å². The van der Waals surface area contributed by atoms with Crippen LogP contribution in [0.15, 0.2) is 24.3 Å². The second kappa shape index (κ2) is 3.35. The van der Waals surface area contributed by atoms with Crippen molar-refractivity contribution in [2.75, 3.05) is 0 Å². The van der Waals surface area contributed by atoms with Gasteiger partial charge in [0.1, 0.15) is 5.82 Å². The maximum absolute atomic E-state index is 12.7. The highest BCUT2D eigenvalue weighted by atomic mass is 19.1. The average Bonchev–Trinajstić information content (AvgIpc) is 3.00. The standard InChI is InChI=1S/C11H9FN2O/c12-9-3-1-8(2-4-9)11(5-6-11)10(15)14-7-13/h1-4H,5-6H2,(H,14,15). The van der Waals surface area contributed by atoms with Gasteiger partial charge in [-0.05, 0) is 30.5 Å². The molecule has 1 fully saturated rings. The van der Waals surface area contributed by atoms with Crippen molar-refractivity contribution in [3.8, 4) is 6.19 Å². The minimum absolute atomic E-state index is 0.295. The van der Waals surface area contributed by atoms with E-state index in [4.69, 9.17) is 5.26 Å². The highest BCUT2D eigenvalue weighted by Gasteiger charge is 2.51. The molecule has 1 aliphatic rings. The van der Waals surface area contributed by atoms with Crippen molar-refractivity contribution < 1.29 is 9.18 Å². The number of benzene rings is 1. The van der Waals surface area contributed by atoms with Crippen LogP contribution < -0.4 is 5.32 Å². The van der Waals surface area contributed by atoms with E-state index in [9.17, 15) is 9.18 Å². The van der Waals surface area contributed by atoms with E-state index in [-0.39, 0.29) is 11.7 Å². The summed E-state index contributed by atoms with van der Waals surface area (Å²) in [6.07, 6.45) is 3.05. The third-order valence-corrected chi connectivity index (χ3v) is 2.75. The lowest BCUT2D eigenvalue weighted by Gasteiger charge is -2.12. The van der Waals surface area contributed by atoms with Gasteiger partial charge in [0.05, 0.1) is 5.41 Å². The molecule has 0 unspecified atom stereocenters. The molecule has 3 nitrogen and oxygen atoms in total. The molecule has 0 atom stereocenters. The van der Waals surface area contributed by atoms with Crippen molar-refractivity contribution in [2.45, 2.75) is 18.3 Å². The first-order valence-corrected chi connectivity index (χ1v) is 4.65. The molecule has 1 saturated carbocycles. The summed E-state index contributed by atoms with van der Waals surface area (Å²) in [4.78, 5) is 11.6. The second-order valence-electron chi connectivity index (χ2n) is 3.65. The molecule has 76 valence electrons. The number of halogens is 1. The minimum Gasteiger partial charge on any atom is -0.273 e. The third-order valence-electron chi connectivity index (χ3n) is 2.75. The molecule has 2 rings (SSSR count). The molecule has 1 aromatic rings. The van der Waals surface area contributed by atoms with Gasteiger partial charge in [-0.1, -0.05) is 12.1 Å². The first-order chi connectivity index (χ1) is 7.19. The number of hydrogen-bond donors (Lipinski definition) is 1. The maximum Gasteiger partial charge on any atom is 0.243 e. The monoisotopic (exact) mass is 204 g/mol. The zero-order valence-corrected chi connectivity index (χ0v) is 7.96. The van der Waals surface area contributed by atoms with Crippen LogP contribution in [0, 0.1) is 17.3 Å². The lowest BCUT2D eigenvalue weighted by Crippen LogP contribution is -2.31. The number of amides is 1. The predicted molar refractivity (Wildman–Crippen MR) is 51.1 cm³/mol. The zero-order chi connectivity index (χ0) is 10.9. The molecule has 1 aromatic carbocycles. The number of nitrogens with zero attached hydrogens (tertiary/aromatic N) is 1. The Labute approximate surface area is 86.5 Å². The summed E-state index contributed by atoms with van der Waals surface area (Å²) in [6.45, 7) is 0. The van der Waals surface area contributed by atoms with Crippen LogP contribution in [0.4, 0.5) is 4.39 Å². The van der Waals surface area contributed by atoms with E-state index in [0.717, 1.165) is 5.56 Å². The lowest BCUT2D eigenvalue weighted by molar-refractivity contribution is -0.122. The molecule has 1 N–H and O–H groups in total. The molecule has 0 saturated heterocycles. The fourth-order valence-corrected chi connectivity index (χ4v) is 1.71. The second-order valence-corrected chi connectivity index (χ2v) is 3.65. The van der Waals surface area contributed by atoms with Crippen molar-refractivity contribution in [2.24, 2.45) is 0 Å². The molecule has 0 radical (unpaired) electrons. The number of rotatable bonds is 2. The Morgan fingerprint density at radius 3 is 2.47 bits per heavy atom. The number of carbonyl (C=O) groups excluding carboxylic acids is 1. The average molecular weight is 204 g/mol. The SMILES string of the molecule is N#CNC(=O)C1(c2ccc(F)cc2)CC1. The van der Waals surface area contributed by atoms with Crippen LogP contribution >= 0.6 is 0 Å². The Morgan fingerprint density at radius 2 is 2.00 bits per heavy atom. The van der Waals surface area contributed by atoms with Crippen molar-refractivity contribution in [3.63, 3.8) is 0 Å². The van der Waals surface area contributed by atoms with E-state index in [1.165, 1.54) is 12.1 Å². The van der Waals surface area contributed by atoms with Crippen LogP contribution in [0.3, 0.4) is 0 Å². The summed E-state index contributed by atoms with van der Waals surface area (Å²) in [5, 5.41) is 10.5. The Balaban J connectivity index is 2.27. The summed E-state index contributed by atoms with van der Waals surface area (Å²) in [5.74, 6) is -0.619. The van der Waals surface area contributed by atoms with Crippen molar-refractivity contribution in [3.05, 3.63) is 35.6 Å². The van der Waals surface area contributed by atoms with Crippen molar-refractivity contribution in [1.82, 2.24) is 5.32 Å². The third kappa shape index (κ3) is 1.57. The van der Waals surface area contributed by atoms with Gasteiger partial charge in [0.15, 0.2) is 6.19 Å². The topological polar surface area (TPSA) is 52.9 Å². The fraction of sp³-hybridized carbons (Fsp3) is 0.273. The highest BCUT2D eigenvalue weighted by molar-refractivity contribution is 5.92. The molecule has 0 aliphatic heterocycles. The van der Waals surface area contributed by atoms with Gasteiger partial charge in [-0.25, -0.2) is 4.39 Å². The Hall–Kier alpha value is -1.89. The molecule has 1 amide bonds. The first-order valence-electron chi connectivity index (χ1n) is 4.65. The summed E-state index contributed by atoms with van der Waals surface area (Å²) in [5.41, 5.74) is 0.181. The van der Waals surface area contributed by atoms with E-state index in [1.807, 2.05) is 0 Å². The van der Waals surface area contributed by atoms with E-state index in [1.54, 1.807) is 18.3 Å². The van der Waals surface area contributed by atoms with Gasteiger partial charge in [0.25, 0.3) is 0 Å². The molecule has 0 aromatic heterocycles. The molecular weight excluding hydrogens is 195 g/mol. The van der Waals surface area contributed by atoms with Crippen LogP contribution in [-0.4, -0.2) is 5.91 Å². The van der Waals surface area contributed by atoms with Gasteiger partial charge in [-0.15, -0.1) is 0 Å². The molecule has 0 heterocycles. The smallest absolute Gasteiger partial charge is 0.243 e. The summed E-state index contributed by atoms with van der Waals surface area (Å²) >= 11 is 0. The minimum atomic E-state index is -0.594. The quantitative estimate of drug-likeness (QED) is 0.585. The van der Waals surface area contributed by atoms with Gasteiger partial charge >= 0.3 is 0 Å². The number of carbonyl (C=O) groups is 1. The zero-order valence-electron chi connectivity index (χ0n) is 7.96. The van der Waals surface area contributed by atoms with Crippen LogP contribution in [0.1, 0.15) is 18.4 Å². The Kier molecular flexibility index (Phi) is 2.16. The van der Waals surface area contributed by atoms with Crippen LogP contribution in [-0.2, 0) is 10.2 Å². The highest BCUT2D eigenvalue weighted by Crippen LogP contribution is 2.48. The van der Waals surface area contributed by atoms with Gasteiger partial charge in [-0.2, -0.15) is 5.26 Å². The van der Waals surface area contributed by atoms with E-state index in [0.29, 0.717) is 12.8 Å². The molecule has 15 heavy (non-hydrogen) atoms. The predicted octanol–water partition coefficient (Wildman–Crippen LogP) is 1.45. The van der Waals surface area contributed by atoms with E-state index in [2.05, 4.69) is 5.32 Å². The Bertz CT molecular complexity index is 429. The lowest BCUT2D eigenvalue weighted by atomic mass is 9.95. The number of hydrogen-bond acceptors (Lipinski definition) is 2. The van der Waals surface area contributed by atoms with Gasteiger partial charge < -0.3 is 0 Å².